The van der Waals surface area contributed by atoms with Crippen molar-refractivity contribution in [1.82, 2.24) is 16.0 Å². The van der Waals surface area contributed by atoms with Crippen molar-refractivity contribution >= 4 is 11.8 Å². The Kier molecular flexibility index (Phi) is 32.3. The van der Waals surface area contributed by atoms with Gasteiger partial charge in [-0.05, 0) is 65.9 Å². The highest BCUT2D eigenvalue weighted by atomic mass is 16.3. The van der Waals surface area contributed by atoms with Crippen molar-refractivity contribution in [3.05, 3.63) is 12.7 Å². The van der Waals surface area contributed by atoms with Crippen LogP contribution in [0.3, 0.4) is 0 Å². The molecule has 0 bridgehead atoms. The zero-order valence-electron chi connectivity index (χ0n) is 34.5. The highest BCUT2D eigenvalue weighted by Crippen LogP contribution is 2.21. The fourth-order valence-corrected chi connectivity index (χ4v) is 3.20. The smallest absolute Gasteiger partial charge is 0.243 e. The molecule has 7 nitrogen and oxygen atoms in total. The lowest BCUT2D eigenvalue weighted by Crippen LogP contribution is -2.34. The van der Waals surface area contributed by atoms with Gasteiger partial charge in [-0.3, -0.25) is 9.59 Å². The fourth-order valence-electron chi connectivity index (χ4n) is 3.20. The number of aliphatic hydroxyl groups excluding tert-OH is 2. The summed E-state index contributed by atoms with van der Waals surface area (Å²) in [5.74, 6) is 0.0588. The molecule has 0 aliphatic heterocycles. The third kappa shape index (κ3) is 52.1. The summed E-state index contributed by atoms with van der Waals surface area (Å²) in [6, 6.07) is 0. The second kappa shape index (κ2) is 27.5. The summed E-state index contributed by atoms with van der Waals surface area (Å²) < 4.78 is 0. The molecule has 0 saturated carbocycles. The van der Waals surface area contributed by atoms with Crippen LogP contribution in [0.15, 0.2) is 12.7 Å². The van der Waals surface area contributed by atoms with Crippen LogP contribution in [0.4, 0.5) is 0 Å². The van der Waals surface area contributed by atoms with Crippen molar-refractivity contribution in [3.63, 3.8) is 0 Å². The Labute approximate surface area is 289 Å². The van der Waals surface area contributed by atoms with Crippen molar-refractivity contribution in [2.75, 3.05) is 26.7 Å². The highest BCUT2D eigenvalue weighted by Gasteiger charge is 2.20. The van der Waals surface area contributed by atoms with Crippen LogP contribution >= 0.6 is 0 Å². The Morgan fingerprint density at radius 3 is 1.20 bits per heavy atom. The van der Waals surface area contributed by atoms with Crippen LogP contribution in [0, 0.1) is 27.1 Å². The van der Waals surface area contributed by atoms with E-state index in [1.54, 1.807) is 0 Å². The van der Waals surface area contributed by atoms with Crippen LogP contribution in [-0.2, 0) is 9.59 Å². The molecule has 2 unspecified atom stereocenters. The lowest BCUT2D eigenvalue weighted by Gasteiger charge is -2.25. The molecule has 280 valence electrons. The van der Waals surface area contributed by atoms with Crippen molar-refractivity contribution in [1.29, 1.82) is 0 Å². The van der Waals surface area contributed by atoms with E-state index in [2.05, 4.69) is 91.8 Å². The van der Waals surface area contributed by atoms with E-state index in [-0.39, 0.29) is 40.3 Å². The molecule has 0 aromatic carbocycles. The molecule has 0 aromatic heterocycles. The molecule has 0 aromatic rings. The Balaban J connectivity index is -0.000000154. The number of carbonyl (C=O) groups excluding carboxylic acids is 2. The standard InChI is InChI=1S/C9H19NO.C9H17NO.C7H17NO.C7H16O.C7H16/c2*1-5-8(11)10-7-6-9(2,3)4;1-7(2,3)6(9)5-8-4;1-5-6(8)7(2,3)4;1-5-6-7(2,3)4/h5-7H2,1-4H3,(H,10,11);5H,1,6-7H2,2-4H3,(H,10,11);6,8-9H,5H2,1-4H3;6,8H,5H2,1-4H3;5-6H2,1-4H3. The van der Waals surface area contributed by atoms with Gasteiger partial charge in [-0.15, -0.1) is 0 Å². The summed E-state index contributed by atoms with van der Waals surface area (Å²) in [6.45, 7) is 43.6. The second-order valence-corrected chi connectivity index (χ2v) is 17.9. The van der Waals surface area contributed by atoms with E-state index in [1.165, 1.54) is 18.9 Å². The third-order valence-electron chi connectivity index (χ3n) is 6.66. The molecule has 0 spiro atoms. The van der Waals surface area contributed by atoms with Gasteiger partial charge in [0.1, 0.15) is 0 Å². The maximum atomic E-state index is 10.8. The first-order valence-electron chi connectivity index (χ1n) is 17.6. The number of amides is 2. The Hall–Kier alpha value is -1.44. The molecule has 2 amide bonds. The van der Waals surface area contributed by atoms with Gasteiger partial charge in [0.2, 0.25) is 11.8 Å². The SMILES string of the molecule is C=CC(=O)NCCC(C)(C)C.CCC(=O)NCCC(C)(C)C.CCC(O)C(C)(C)C.CCCC(C)(C)C.CNCC(O)C(C)(C)C. The average Bonchev–Trinajstić information content (AvgIpc) is 2.86. The number of carbonyl (C=O) groups is 2. The monoisotopic (exact) mass is 660 g/mol. The molecule has 0 aliphatic carbocycles. The predicted molar refractivity (Wildman–Crippen MR) is 204 cm³/mol. The molecule has 0 saturated heterocycles. The molecule has 0 aliphatic rings. The van der Waals surface area contributed by atoms with Crippen LogP contribution in [0.25, 0.3) is 0 Å². The predicted octanol–water partition coefficient (Wildman–Crippen LogP) is 8.92. The van der Waals surface area contributed by atoms with Crippen LogP contribution in [-0.4, -0.2) is 60.9 Å². The molecule has 0 rings (SSSR count). The Morgan fingerprint density at radius 1 is 0.652 bits per heavy atom. The van der Waals surface area contributed by atoms with Gasteiger partial charge >= 0.3 is 0 Å². The number of rotatable bonds is 10. The van der Waals surface area contributed by atoms with E-state index in [0.717, 1.165) is 32.4 Å². The molecule has 5 N–H and O–H groups in total. The van der Waals surface area contributed by atoms with E-state index in [1.807, 2.05) is 62.4 Å². The van der Waals surface area contributed by atoms with Gasteiger partial charge in [0.25, 0.3) is 0 Å². The summed E-state index contributed by atoms with van der Waals surface area (Å²) in [5.41, 5.74) is 1.22. The third-order valence-corrected chi connectivity index (χ3v) is 6.66. The summed E-state index contributed by atoms with van der Waals surface area (Å²) >= 11 is 0. The lowest BCUT2D eigenvalue weighted by atomic mass is 9.88. The Bertz CT molecular complexity index is 731. The first kappa shape index (κ1) is 54.0. The lowest BCUT2D eigenvalue weighted by molar-refractivity contribution is -0.121. The number of aliphatic hydroxyl groups is 2. The maximum absolute atomic E-state index is 10.8. The van der Waals surface area contributed by atoms with E-state index >= 15 is 0 Å². The quantitative estimate of drug-likeness (QED) is 0.150. The molecular weight excluding hydrogens is 574 g/mol. The van der Waals surface area contributed by atoms with Gasteiger partial charge in [-0.25, -0.2) is 0 Å². The molecule has 0 heterocycles. The van der Waals surface area contributed by atoms with Gasteiger partial charge in [0.15, 0.2) is 0 Å². The van der Waals surface area contributed by atoms with Crippen molar-refractivity contribution in [2.45, 2.75) is 175 Å². The minimum Gasteiger partial charge on any atom is -0.393 e. The summed E-state index contributed by atoms with van der Waals surface area (Å²) in [5, 5.41) is 27.0. The largest absolute Gasteiger partial charge is 0.393 e. The number of nitrogens with one attached hydrogen (secondary N) is 3. The number of hydrogen-bond acceptors (Lipinski definition) is 5. The fraction of sp³-hybridized carbons (Fsp3) is 0.897. The van der Waals surface area contributed by atoms with Gasteiger partial charge in [0, 0.05) is 26.1 Å². The average molecular weight is 660 g/mol. The molecule has 7 heteroatoms. The number of likely N-dealkylation sites (N-methyl/N-ethyl adjacent to an activating group) is 1. The molecule has 46 heavy (non-hydrogen) atoms. The van der Waals surface area contributed by atoms with Crippen LogP contribution in [0.2, 0.25) is 0 Å². The number of hydrogen-bond donors (Lipinski definition) is 5. The normalized spacial score (nSPS) is 13.0. The van der Waals surface area contributed by atoms with E-state index in [0.29, 0.717) is 23.8 Å². The topological polar surface area (TPSA) is 111 Å². The van der Waals surface area contributed by atoms with Gasteiger partial charge in [-0.1, -0.05) is 138 Å². The molecule has 0 fully saturated rings. The van der Waals surface area contributed by atoms with Crippen molar-refractivity contribution in [2.24, 2.45) is 27.1 Å². The summed E-state index contributed by atoms with van der Waals surface area (Å²) in [4.78, 5) is 21.5. The minimum absolute atomic E-state index is 0.00299. The Morgan fingerprint density at radius 2 is 1.02 bits per heavy atom. The minimum atomic E-state index is -0.248. The van der Waals surface area contributed by atoms with Crippen LogP contribution in [0.5, 0.6) is 0 Å². The molecule has 2 atom stereocenters. The molecule has 0 radical (unpaired) electrons. The second-order valence-electron chi connectivity index (χ2n) is 17.9. The first-order valence-corrected chi connectivity index (χ1v) is 17.6. The van der Waals surface area contributed by atoms with Crippen LogP contribution < -0.4 is 16.0 Å². The highest BCUT2D eigenvalue weighted by molar-refractivity contribution is 5.86. The zero-order chi connectivity index (χ0) is 38.0. The van der Waals surface area contributed by atoms with Gasteiger partial charge < -0.3 is 26.2 Å². The van der Waals surface area contributed by atoms with E-state index in [4.69, 9.17) is 0 Å². The summed E-state index contributed by atoms with van der Waals surface area (Å²) in [6.07, 6.45) is 7.02. The van der Waals surface area contributed by atoms with E-state index in [9.17, 15) is 19.8 Å². The molecular formula is C39H85N3O4. The zero-order valence-corrected chi connectivity index (χ0v) is 34.5. The van der Waals surface area contributed by atoms with Gasteiger partial charge in [0.05, 0.1) is 12.2 Å². The maximum Gasteiger partial charge on any atom is 0.243 e. The first-order chi connectivity index (χ1) is 20.4. The van der Waals surface area contributed by atoms with Crippen molar-refractivity contribution < 1.29 is 19.8 Å². The summed E-state index contributed by atoms with van der Waals surface area (Å²) in [7, 11) is 1.84. The van der Waals surface area contributed by atoms with Gasteiger partial charge in [-0.2, -0.15) is 0 Å². The van der Waals surface area contributed by atoms with E-state index < -0.39 is 0 Å². The van der Waals surface area contributed by atoms with Crippen LogP contribution in [0.1, 0.15) is 163 Å². The van der Waals surface area contributed by atoms with Crippen molar-refractivity contribution in [3.8, 4) is 0 Å².